The number of nitrogens with two attached hydrogens (primary N) is 1. The number of rotatable bonds is 7. The molecule has 1 rings (SSSR count). The maximum Gasteiger partial charge on any atom is 0.105 e. The molecule has 100 valence electrons. The standard InChI is InChI=1S/C12H17ClN2O2S/c1-16-7-9(17-2)6-15-8-3-4-10(12(14)18)11(13)5-8/h3-5,9,15H,6-7H2,1-2H3,(H2,14,18). The van der Waals surface area contributed by atoms with E-state index in [0.29, 0.717) is 28.7 Å². The van der Waals surface area contributed by atoms with Gasteiger partial charge in [-0.05, 0) is 18.2 Å². The molecular weight excluding hydrogens is 272 g/mol. The molecule has 0 aromatic heterocycles. The van der Waals surface area contributed by atoms with Gasteiger partial charge in [-0.15, -0.1) is 0 Å². The predicted molar refractivity (Wildman–Crippen MR) is 78.5 cm³/mol. The van der Waals surface area contributed by atoms with Crippen LogP contribution in [0.3, 0.4) is 0 Å². The molecule has 1 aromatic rings. The molecule has 0 aliphatic carbocycles. The SMILES string of the molecule is COCC(CNc1ccc(C(N)=S)c(Cl)c1)OC. The maximum absolute atomic E-state index is 6.07. The number of hydrogen-bond donors (Lipinski definition) is 2. The predicted octanol–water partition coefficient (Wildman–Crippen LogP) is 2.05. The first-order chi connectivity index (χ1) is 8.58. The third-order valence-electron chi connectivity index (χ3n) is 2.45. The third-order valence-corrected chi connectivity index (χ3v) is 2.99. The largest absolute Gasteiger partial charge is 0.389 e. The second kappa shape index (κ2) is 7.53. The number of thiocarbonyl (C=S) groups is 1. The minimum absolute atomic E-state index is 0.0102. The van der Waals surface area contributed by atoms with Crippen molar-refractivity contribution in [3.05, 3.63) is 28.8 Å². The van der Waals surface area contributed by atoms with Crippen LogP contribution in [0.1, 0.15) is 5.56 Å². The second-order valence-corrected chi connectivity index (χ2v) is 4.60. The molecule has 0 bridgehead atoms. The summed E-state index contributed by atoms with van der Waals surface area (Å²) in [4.78, 5) is 0.292. The van der Waals surface area contributed by atoms with Crippen LogP contribution in [0.5, 0.6) is 0 Å². The zero-order chi connectivity index (χ0) is 13.5. The Balaban J connectivity index is 2.63. The summed E-state index contributed by atoms with van der Waals surface area (Å²) in [5, 5.41) is 3.75. The number of anilines is 1. The second-order valence-electron chi connectivity index (χ2n) is 3.75. The average Bonchev–Trinajstić information content (AvgIpc) is 2.34. The molecule has 1 atom stereocenters. The lowest BCUT2D eigenvalue weighted by atomic mass is 10.2. The molecule has 0 saturated heterocycles. The van der Waals surface area contributed by atoms with E-state index in [1.165, 1.54) is 0 Å². The van der Waals surface area contributed by atoms with E-state index in [2.05, 4.69) is 5.32 Å². The molecule has 3 N–H and O–H groups in total. The third kappa shape index (κ3) is 4.42. The van der Waals surface area contributed by atoms with Crippen molar-refractivity contribution >= 4 is 34.5 Å². The molecular formula is C12H17ClN2O2S. The van der Waals surface area contributed by atoms with E-state index in [9.17, 15) is 0 Å². The molecule has 0 fully saturated rings. The van der Waals surface area contributed by atoms with Gasteiger partial charge in [0, 0.05) is 32.0 Å². The Morgan fingerprint density at radius 1 is 1.50 bits per heavy atom. The first-order valence-corrected chi connectivity index (χ1v) is 6.22. The van der Waals surface area contributed by atoms with E-state index < -0.39 is 0 Å². The summed E-state index contributed by atoms with van der Waals surface area (Å²) in [5.74, 6) is 0. The highest BCUT2D eigenvalue weighted by atomic mass is 35.5. The number of ether oxygens (including phenoxy) is 2. The van der Waals surface area contributed by atoms with Gasteiger partial charge < -0.3 is 20.5 Å². The number of methoxy groups -OCH3 is 2. The first-order valence-electron chi connectivity index (χ1n) is 5.43. The lowest BCUT2D eigenvalue weighted by molar-refractivity contribution is 0.0365. The summed E-state index contributed by atoms with van der Waals surface area (Å²) in [7, 11) is 3.29. The van der Waals surface area contributed by atoms with Crippen LogP contribution in [0.25, 0.3) is 0 Å². The summed E-state index contributed by atoms with van der Waals surface area (Å²) >= 11 is 11.0. The Labute approximate surface area is 117 Å². The normalized spacial score (nSPS) is 12.2. The lowest BCUT2D eigenvalue weighted by Gasteiger charge is -2.16. The molecule has 0 radical (unpaired) electrons. The van der Waals surface area contributed by atoms with Crippen molar-refractivity contribution in [3.63, 3.8) is 0 Å². The van der Waals surface area contributed by atoms with Gasteiger partial charge in [-0.2, -0.15) is 0 Å². The monoisotopic (exact) mass is 288 g/mol. The van der Waals surface area contributed by atoms with Crippen molar-refractivity contribution in [1.82, 2.24) is 0 Å². The van der Waals surface area contributed by atoms with Crippen molar-refractivity contribution in [2.75, 3.05) is 32.7 Å². The Morgan fingerprint density at radius 3 is 2.72 bits per heavy atom. The Hall–Kier alpha value is -0.880. The first kappa shape index (κ1) is 15.2. The van der Waals surface area contributed by atoms with Crippen LogP contribution in [-0.4, -0.2) is 38.5 Å². The van der Waals surface area contributed by atoms with Crippen LogP contribution >= 0.6 is 23.8 Å². The minimum Gasteiger partial charge on any atom is -0.389 e. The van der Waals surface area contributed by atoms with Gasteiger partial charge in [0.2, 0.25) is 0 Å². The molecule has 1 unspecified atom stereocenters. The van der Waals surface area contributed by atoms with Gasteiger partial charge in [0.25, 0.3) is 0 Å². The van der Waals surface area contributed by atoms with Crippen molar-refractivity contribution < 1.29 is 9.47 Å². The summed E-state index contributed by atoms with van der Waals surface area (Å²) in [6.45, 7) is 1.16. The average molecular weight is 289 g/mol. The fourth-order valence-electron chi connectivity index (χ4n) is 1.45. The molecule has 0 heterocycles. The van der Waals surface area contributed by atoms with E-state index in [0.717, 1.165) is 5.69 Å². The molecule has 6 heteroatoms. The quantitative estimate of drug-likeness (QED) is 0.752. The summed E-state index contributed by atoms with van der Waals surface area (Å²) < 4.78 is 10.3. The zero-order valence-corrected chi connectivity index (χ0v) is 12.0. The van der Waals surface area contributed by atoms with Gasteiger partial charge >= 0.3 is 0 Å². The van der Waals surface area contributed by atoms with E-state index in [1.54, 1.807) is 26.4 Å². The molecule has 0 aliphatic rings. The van der Waals surface area contributed by atoms with Gasteiger partial charge in [0.15, 0.2) is 0 Å². The van der Waals surface area contributed by atoms with Gasteiger partial charge in [-0.3, -0.25) is 0 Å². The molecule has 0 amide bonds. The summed E-state index contributed by atoms with van der Waals surface area (Å²) in [5.41, 5.74) is 7.10. The van der Waals surface area contributed by atoms with Crippen LogP contribution in [0, 0.1) is 0 Å². The maximum atomic E-state index is 6.07. The van der Waals surface area contributed by atoms with Crippen molar-refractivity contribution in [3.8, 4) is 0 Å². The Morgan fingerprint density at radius 2 is 2.22 bits per heavy atom. The number of halogens is 1. The van der Waals surface area contributed by atoms with Crippen LogP contribution in [0.15, 0.2) is 18.2 Å². The molecule has 0 spiro atoms. The van der Waals surface area contributed by atoms with Gasteiger partial charge in [-0.25, -0.2) is 0 Å². The van der Waals surface area contributed by atoms with Gasteiger partial charge in [0.1, 0.15) is 4.99 Å². The Bertz CT molecular complexity index is 415. The molecule has 1 aromatic carbocycles. The van der Waals surface area contributed by atoms with Crippen LogP contribution in [0.4, 0.5) is 5.69 Å². The minimum atomic E-state index is -0.0102. The van der Waals surface area contributed by atoms with Crippen molar-refractivity contribution in [2.24, 2.45) is 5.73 Å². The van der Waals surface area contributed by atoms with Gasteiger partial charge in [0.05, 0.1) is 17.7 Å². The van der Waals surface area contributed by atoms with E-state index in [1.807, 2.05) is 6.07 Å². The Kier molecular flexibility index (Phi) is 6.35. The molecule has 0 saturated carbocycles. The van der Waals surface area contributed by atoms with E-state index >= 15 is 0 Å². The fourth-order valence-corrected chi connectivity index (χ4v) is 1.97. The van der Waals surface area contributed by atoms with E-state index in [-0.39, 0.29) is 6.10 Å². The van der Waals surface area contributed by atoms with Crippen molar-refractivity contribution in [1.29, 1.82) is 0 Å². The summed E-state index contributed by atoms with van der Waals surface area (Å²) in [6.07, 6.45) is -0.0102. The molecule has 4 nitrogen and oxygen atoms in total. The molecule has 0 aliphatic heterocycles. The smallest absolute Gasteiger partial charge is 0.105 e. The van der Waals surface area contributed by atoms with E-state index in [4.69, 9.17) is 39.0 Å². The lowest BCUT2D eigenvalue weighted by Crippen LogP contribution is -2.26. The number of benzene rings is 1. The highest BCUT2D eigenvalue weighted by Gasteiger charge is 2.08. The zero-order valence-electron chi connectivity index (χ0n) is 10.4. The number of hydrogen-bond acceptors (Lipinski definition) is 4. The van der Waals surface area contributed by atoms with Crippen LogP contribution in [-0.2, 0) is 9.47 Å². The molecule has 18 heavy (non-hydrogen) atoms. The van der Waals surface area contributed by atoms with Crippen LogP contribution < -0.4 is 11.1 Å². The highest BCUT2D eigenvalue weighted by Crippen LogP contribution is 2.20. The number of nitrogens with one attached hydrogen (secondary N) is 1. The summed E-state index contributed by atoms with van der Waals surface area (Å²) in [6, 6.07) is 5.46. The topological polar surface area (TPSA) is 56.5 Å². The van der Waals surface area contributed by atoms with Crippen LogP contribution in [0.2, 0.25) is 5.02 Å². The fraction of sp³-hybridized carbons (Fsp3) is 0.417. The van der Waals surface area contributed by atoms with Crippen molar-refractivity contribution in [2.45, 2.75) is 6.10 Å². The highest BCUT2D eigenvalue weighted by molar-refractivity contribution is 7.80. The van der Waals surface area contributed by atoms with Gasteiger partial charge in [-0.1, -0.05) is 23.8 Å².